The fraction of sp³-hybridized carbons (Fsp3) is 0.647. The molecule has 0 heterocycles. The molecular formula is C17H27NO3. The Bertz CT molecular complexity index is 442. The number of methoxy groups -OCH3 is 1. The summed E-state index contributed by atoms with van der Waals surface area (Å²) in [4.78, 5) is 0. The second-order valence-electron chi connectivity index (χ2n) is 6.05. The third-order valence-corrected chi connectivity index (χ3v) is 4.22. The van der Waals surface area contributed by atoms with Gasteiger partial charge in [0, 0.05) is 6.04 Å². The minimum atomic E-state index is -0.411. The number of benzene rings is 1. The quantitative estimate of drug-likeness (QED) is 0.811. The Morgan fingerprint density at radius 2 is 2.00 bits per heavy atom. The molecule has 1 saturated carbocycles. The topological polar surface area (TPSA) is 64.7 Å². The summed E-state index contributed by atoms with van der Waals surface area (Å²) in [5.41, 5.74) is 6.87. The molecule has 3 N–H and O–H groups in total. The van der Waals surface area contributed by atoms with Crippen molar-refractivity contribution in [1.29, 1.82) is 0 Å². The maximum Gasteiger partial charge on any atom is 0.161 e. The molecule has 1 aromatic carbocycles. The van der Waals surface area contributed by atoms with Gasteiger partial charge < -0.3 is 20.3 Å². The summed E-state index contributed by atoms with van der Waals surface area (Å²) in [6.07, 6.45) is 5.49. The standard InChI is InChI=1S/C17H27NO3/c1-12(18)14-7-8-16(17(10-14)20-2)21-11-15(19)9-13-5-3-4-6-13/h7-8,10,12-13,15,19H,3-6,9,11,18H2,1-2H3/t12-,15?/m1/s1. The van der Waals surface area contributed by atoms with Gasteiger partial charge in [0.25, 0.3) is 0 Å². The smallest absolute Gasteiger partial charge is 0.161 e. The molecule has 0 spiro atoms. The third-order valence-electron chi connectivity index (χ3n) is 4.22. The van der Waals surface area contributed by atoms with Gasteiger partial charge in [-0.15, -0.1) is 0 Å². The van der Waals surface area contributed by atoms with Gasteiger partial charge >= 0.3 is 0 Å². The third kappa shape index (κ3) is 4.61. The Hall–Kier alpha value is -1.26. The van der Waals surface area contributed by atoms with Crippen LogP contribution in [0.4, 0.5) is 0 Å². The van der Waals surface area contributed by atoms with Crippen LogP contribution in [0.1, 0.15) is 50.6 Å². The van der Waals surface area contributed by atoms with E-state index in [1.165, 1.54) is 25.7 Å². The van der Waals surface area contributed by atoms with Crippen LogP contribution in [0.3, 0.4) is 0 Å². The minimum absolute atomic E-state index is 0.0408. The zero-order chi connectivity index (χ0) is 15.2. The molecule has 1 aliphatic carbocycles. The van der Waals surface area contributed by atoms with Crippen molar-refractivity contribution in [2.24, 2.45) is 11.7 Å². The van der Waals surface area contributed by atoms with Crippen LogP contribution < -0.4 is 15.2 Å². The van der Waals surface area contributed by atoms with E-state index in [2.05, 4.69) is 0 Å². The van der Waals surface area contributed by atoms with Gasteiger partial charge in [0.2, 0.25) is 0 Å². The molecule has 118 valence electrons. The number of aliphatic hydroxyl groups is 1. The normalized spacial score (nSPS) is 18.5. The summed E-state index contributed by atoms with van der Waals surface area (Å²) in [7, 11) is 1.61. The van der Waals surface area contributed by atoms with Gasteiger partial charge in [0.05, 0.1) is 13.2 Å². The highest BCUT2D eigenvalue weighted by atomic mass is 16.5. The zero-order valence-electron chi connectivity index (χ0n) is 13.0. The number of hydrogen-bond donors (Lipinski definition) is 2. The van der Waals surface area contributed by atoms with Crippen molar-refractivity contribution in [2.75, 3.05) is 13.7 Å². The lowest BCUT2D eigenvalue weighted by Crippen LogP contribution is -2.20. The van der Waals surface area contributed by atoms with Gasteiger partial charge in [-0.3, -0.25) is 0 Å². The second-order valence-corrected chi connectivity index (χ2v) is 6.05. The van der Waals surface area contributed by atoms with Crippen LogP contribution in [0.25, 0.3) is 0 Å². The van der Waals surface area contributed by atoms with E-state index in [-0.39, 0.29) is 6.04 Å². The van der Waals surface area contributed by atoms with E-state index in [9.17, 15) is 5.11 Å². The SMILES string of the molecule is COc1cc([C@@H](C)N)ccc1OCC(O)CC1CCCC1. The number of rotatable bonds is 7. The molecule has 0 amide bonds. The first-order valence-electron chi connectivity index (χ1n) is 7.84. The van der Waals surface area contributed by atoms with Crippen molar-refractivity contribution < 1.29 is 14.6 Å². The van der Waals surface area contributed by atoms with Crippen molar-refractivity contribution in [3.63, 3.8) is 0 Å². The molecule has 21 heavy (non-hydrogen) atoms. The molecule has 1 aromatic rings. The zero-order valence-corrected chi connectivity index (χ0v) is 13.0. The van der Waals surface area contributed by atoms with E-state index in [4.69, 9.17) is 15.2 Å². The Morgan fingerprint density at radius 1 is 1.29 bits per heavy atom. The number of aliphatic hydroxyl groups excluding tert-OH is 1. The van der Waals surface area contributed by atoms with Gasteiger partial charge in [0.1, 0.15) is 6.61 Å². The van der Waals surface area contributed by atoms with E-state index in [1.807, 2.05) is 25.1 Å². The molecule has 0 bridgehead atoms. The number of ether oxygens (including phenoxy) is 2. The lowest BCUT2D eigenvalue weighted by Gasteiger charge is -2.18. The molecular weight excluding hydrogens is 266 g/mol. The molecule has 4 heteroatoms. The fourth-order valence-corrected chi connectivity index (χ4v) is 2.97. The summed E-state index contributed by atoms with van der Waals surface area (Å²) in [6.45, 7) is 2.24. The largest absolute Gasteiger partial charge is 0.493 e. The lowest BCUT2D eigenvalue weighted by atomic mass is 10.0. The van der Waals surface area contributed by atoms with Crippen LogP contribution in [-0.2, 0) is 0 Å². The monoisotopic (exact) mass is 293 g/mol. The maximum absolute atomic E-state index is 10.1. The van der Waals surface area contributed by atoms with Gasteiger partial charge in [-0.25, -0.2) is 0 Å². The van der Waals surface area contributed by atoms with Crippen LogP contribution in [0.15, 0.2) is 18.2 Å². The molecule has 1 unspecified atom stereocenters. The Kier molecular flexibility index (Phi) is 5.88. The summed E-state index contributed by atoms with van der Waals surface area (Å²) < 4.78 is 11.1. The molecule has 1 fully saturated rings. The van der Waals surface area contributed by atoms with Crippen LogP contribution in [0.2, 0.25) is 0 Å². The molecule has 0 aliphatic heterocycles. The van der Waals surface area contributed by atoms with Crippen LogP contribution >= 0.6 is 0 Å². The fourth-order valence-electron chi connectivity index (χ4n) is 2.97. The highest BCUT2D eigenvalue weighted by molar-refractivity contribution is 5.43. The Labute approximate surface area is 127 Å². The first-order chi connectivity index (χ1) is 10.1. The van der Waals surface area contributed by atoms with Gasteiger partial charge in [-0.2, -0.15) is 0 Å². The van der Waals surface area contributed by atoms with Crippen molar-refractivity contribution >= 4 is 0 Å². The second kappa shape index (κ2) is 7.66. The average molecular weight is 293 g/mol. The van der Waals surface area contributed by atoms with Gasteiger partial charge in [0.15, 0.2) is 11.5 Å². The molecule has 0 saturated heterocycles. The van der Waals surface area contributed by atoms with Crippen LogP contribution in [0, 0.1) is 5.92 Å². The summed E-state index contributed by atoms with van der Waals surface area (Å²) >= 11 is 0. The highest BCUT2D eigenvalue weighted by Gasteiger charge is 2.19. The molecule has 2 rings (SSSR count). The van der Waals surface area contributed by atoms with E-state index in [0.717, 1.165) is 12.0 Å². The van der Waals surface area contributed by atoms with Gasteiger partial charge in [-0.1, -0.05) is 31.7 Å². The van der Waals surface area contributed by atoms with E-state index in [0.29, 0.717) is 24.0 Å². The molecule has 0 aromatic heterocycles. The molecule has 4 nitrogen and oxygen atoms in total. The van der Waals surface area contributed by atoms with Crippen molar-refractivity contribution in [2.45, 2.75) is 51.2 Å². The van der Waals surface area contributed by atoms with E-state index < -0.39 is 6.10 Å². The van der Waals surface area contributed by atoms with Crippen molar-refractivity contribution in [3.8, 4) is 11.5 Å². The highest BCUT2D eigenvalue weighted by Crippen LogP contribution is 2.31. The maximum atomic E-state index is 10.1. The van der Waals surface area contributed by atoms with Crippen molar-refractivity contribution in [1.82, 2.24) is 0 Å². The van der Waals surface area contributed by atoms with Crippen LogP contribution in [0.5, 0.6) is 11.5 Å². The minimum Gasteiger partial charge on any atom is -0.493 e. The summed E-state index contributed by atoms with van der Waals surface area (Å²) in [5.74, 6) is 1.98. The first-order valence-corrected chi connectivity index (χ1v) is 7.84. The number of hydrogen-bond acceptors (Lipinski definition) is 4. The molecule has 2 atom stereocenters. The van der Waals surface area contributed by atoms with Crippen LogP contribution in [-0.4, -0.2) is 24.9 Å². The Morgan fingerprint density at radius 3 is 2.62 bits per heavy atom. The summed E-state index contributed by atoms with van der Waals surface area (Å²) in [6, 6.07) is 5.65. The average Bonchev–Trinajstić information content (AvgIpc) is 2.97. The van der Waals surface area contributed by atoms with Crippen molar-refractivity contribution in [3.05, 3.63) is 23.8 Å². The first kappa shape index (κ1) is 16.1. The van der Waals surface area contributed by atoms with E-state index in [1.54, 1.807) is 7.11 Å². The predicted octanol–water partition coefficient (Wildman–Crippen LogP) is 3.03. The predicted molar refractivity (Wildman–Crippen MR) is 83.7 cm³/mol. The van der Waals surface area contributed by atoms with Gasteiger partial charge in [-0.05, 0) is 37.0 Å². The Balaban J connectivity index is 1.89. The summed E-state index contributed by atoms with van der Waals surface area (Å²) in [5, 5.41) is 10.1. The van der Waals surface area contributed by atoms with E-state index >= 15 is 0 Å². The lowest BCUT2D eigenvalue weighted by molar-refractivity contribution is 0.0842. The number of nitrogens with two attached hydrogens (primary N) is 1. The molecule has 0 radical (unpaired) electrons. The molecule has 1 aliphatic rings.